The van der Waals surface area contributed by atoms with Gasteiger partial charge in [0, 0.05) is 43.8 Å². The molecular formula is C24H30N4O4. The highest BCUT2D eigenvalue weighted by molar-refractivity contribution is 5.95. The summed E-state index contributed by atoms with van der Waals surface area (Å²) in [4.78, 5) is 29.6. The molecule has 8 nitrogen and oxygen atoms in total. The fourth-order valence-corrected chi connectivity index (χ4v) is 5.26. The topological polar surface area (TPSA) is 98.1 Å². The lowest BCUT2D eigenvalue weighted by atomic mass is 10.0. The van der Waals surface area contributed by atoms with Gasteiger partial charge in [-0.2, -0.15) is 0 Å². The fraction of sp³-hybridized carbons (Fsp3) is 0.500. The maximum atomic E-state index is 12.9. The summed E-state index contributed by atoms with van der Waals surface area (Å²) >= 11 is 0. The molecule has 0 aliphatic carbocycles. The number of aliphatic hydroxyl groups is 1. The molecule has 170 valence electrons. The van der Waals surface area contributed by atoms with E-state index in [4.69, 9.17) is 9.52 Å². The number of carbonyl (C=O) groups is 2. The van der Waals surface area contributed by atoms with Gasteiger partial charge in [-0.1, -0.05) is 18.2 Å². The van der Waals surface area contributed by atoms with Gasteiger partial charge in [0.25, 0.3) is 0 Å². The van der Waals surface area contributed by atoms with E-state index in [2.05, 4.69) is 21.6 Å². The molecule has 0 radical (unpaired) electrons. The number of nitrogens with zero attached hydrogens (tertiary/aromatic N) is 2. The number of hydrogen-bond acceptors (Lipinski definition) is 6. The summed E-state index contributed by atoms with van der Waals surface area (Å²) in [5, 5.41) is 15.7. The molecule has 3 aliphatic rings. The van der Waals surface area contributed by atoms with Crippen LogP contribution in [0.4, 0.5) is 5.69 Å². The largest absolute Gasteiger partial charge is 0.462 e. The van der Waals surface area contributed by atoms with Crippen LogP contribution in [0.25, 0.3) is 0 Å². The van der Waals surface area contributed by atoms with Crippen LogP contribution in [0.15, 0.2) is 40.8 Å². The second kappa shape index (κ2) is 9.05. The number of furan rings is 1. The van der Waals surface area contributed by atoms with E-state index >= 15 is 0 Å². The molecule has 32 heavy (non-hydrogen) atoms. The Labute approximate surface area is 187 Å². The molecule has 1 aromatic carbocycles. The highest BCUT2D eigenvalue weighted by Gasteiger charge is 2.43. The second-order valence-electron chi connectivity index (χ2n) is 8.91. The molecule has 0 unspecified atom stereocenters. The number of fused-ring (bicyclic) bond motifs is 2. The molecule has 0 bridgehead atoms. The van der Waals surface area contributed by atoms with Crippen LogP contribution in [0.1, 0.15) is 36.3 Å². The normalized spacial score (nSPS) is 25.0. The number of rotatable bonds is 7. The fourth-order valence-electron chi connectivity index (χ4n) is 5.26. The van der Waals surface area contributed by atoms with Crippen LogP contribution in [-0.2, 0) is 29.2 Å². The van der Waals surface area contributed by atoms with E-state index in [1.165, 1.54) is 5.56 Å². The number of hydrogen-bond donors (Lipinski definition) is 3. The van der Waals surface area contributed by atoms with E-state index in [1.54, 1.807) is 6.07 Å². The van der Waals surface area contributed by atoms with Gasteiger partial charge >= 0.3 is 0 Å². The number of carbonyl (C=O) groups excluding carboxylic acids is 2. The number of nitrogens with one attached hydrogen (secondary N) is 2. The minimum atomic E-state index is -0.154. The lowest BCUT2D eigenvalue weighted by molar-refractivity contribution is -0.129. The molecule has 8 heteroatoms. The lowest BCUT2D eigenvalue weighted by Gasteiger charge is -2.37. The Morgan fingerprint density at radius 3 is 2.91 bits per heavy atom. The van der Waals surface area contributed by atoms with Gasteiger partial charge in [0.05, 0.1) is 12.6 Å². The monoisotopic (exact) mass is 438 g/mol. The minimum absolute atomic E-state index is 0.0749. The van der Waals surface area contributed by atoms with Crippen LogP contribution in [0.2, 0.25) is 0 Å². The summed E-state index contributed by atoms with van der Waals surface area (Å²) in [6.45, 7) is 2.57. The van der Waals surface area contributed by atoms with Crippen molar-refractivity contribution in [3.05, 3.63) is 53.5 Å². The summed E-state index contributed by atoms with van der Waals surface area (Å²) in [6.07, 6.45) is 2.87. The summed E-state index contributed by atoms with van der Waals surface area (Å²) in [5.41, 5.74) is 2.28. The first-order valence-corrected chi connectivity index (χ1v) is 11.5. The van der Waals surface area contributed by atoms with Gasteiger partial charge in [0.1, 0.15) is 18.1 Å². The van der Waals surface area contributed by atoms with Crippen LogP contribution >= 0.6 is 0 Å². The van der Waals surface area contributed by atoms with Crippen molar-refractivity contribution in [2.75, 3.05) is 24.5 Å². The first-order chi connectivity index (χ1) is 15.6. The predicted octanol–water partition coefficient (Wildman–Crippen LogP) is 1.17. The number of aliphatic hydroxyl groups excluding tert-OH is 1. The third-order valence-corrected chi connectivity index (χ3v) is 6.94. The molecular weight excluding hydrogens is 408 g/mol. The zero-order valence-corrected chi connectivity index (χ0v) is 18.1. The second-order valence-corrected chi connectivity index (χ2v) is 8.91. The van der Waals surface area contributed by atoms with Crippen LogP contribution in [0.3, 0.4) is 0 Å². The first kappa shape index (κ1) is 21.2. The van der Waals surface area contributed by atoms with Crippen molar-refractivity contribution in [1.29, 1.82) is 0 Å². The highest BCUT2D eigenvalue weighted by atomic mass is 16.4. The molecule has 4 heterocycles. The summed E-state index contributed by atoms with van der Waals surface area (Å²) in [5.74, 6) is 1.56. The number of benzene rings is 1. The van der Waals surface area contributed by atoms with Gasteiger partial charge in [-0.15, -0.1) is 0 Å². The maximum Gasteiger partial charge on any atom is 0.237 e. The van der Waals surface area contributed by atoms with Gasteiger partial charge in [-0.05, 0) is 43.0 Å². The van der Waals surface area contributed by atoms with Gasteiger partial charge in [-0.3, -0.25) is 14.5 Å². The lowest BCUT2D eigenvalue weighted by Crippen LogP contribution is -2.58. The summed E-state index contributed by atoms with van der Waals surface area (Å²) in [6, 6.07) is 11.9. The molecule has 5 rings (SSSR count). The average molecular weight is 439 g/mol. The van der Waals surface area contributed by atoms with Crippen molar-refractivity contribution in [3.8, 4) is 0 Å². The molecule has 2 aromatic rings. The highest BCUT2D eigenvalue weighted by Crippen LogP contribution is 2.30. The number of amides is 2. The zero-order chi connectivity index (χ0) is 22.1. The smallest absolute Gasteiger partial charge is 0.237 e. The predicted molar refractivity (Wildman–Crippen MR) is 119 cm³/mol. The third kappa shape index (κ3) is 4.18. The van der Waals surface area contributed by atoms with E-state index in [-0.39, 0.29) is 36.5 Å². The molecule has 3 aliphatic heterocycles. The number of piperazine rings is 1. The summed E-state index contributed by atoms with van der Waals surface area (Å²) < 4.78 is 5.54. The van der Waals surface area contributed by atoms with Crippen LogP contribution < -0.4 is 15.5 Å². The van der Waals surface area contributed by atoms with E-state index in [0.717, 1.165) is 43.8 Å². The Morgan fingerprint density at radius 1 is 1.22 bits per heavy atom. The number of anilines is 1. The van der Waals surface area contributed by atoms with Gasteiger partial charge in [-0.25, -0.2) is 0 Å². The van der Waals surface area contributed by atoms with E-state index in [9.17, 15) is 9.59 Å². The first-order valence-electron chi connectivity index (χ1n) is 11.5. The Kier molecular flexibility index (Phi) is 5.99. The van der Waals surface area contributed by atoms with Gasteiger partial charge in [0.2, 0.25) is 11.8 Å². The van der Waals surface area contributed by atoms with Gasteiger partial charge < -0.3 is 25.1 Å². The van der Waals surface area contributed by atoms with Crippen LogP contribution in [0, 0.1) is 0 Å². The molecule has 0 saturated carbocycles. The molecule has 1 aromatic heterocycles. The molecule has 2 amide bonds. The standard InChI is InChI=1S/C24H30N4O4/c29-15-20-7-6-19(32-20)13-25-17-11-22-24(31)26-12-18(28(22)14-17)5-8-23(30)27-10-9-16-3-1-2-4-21(16)27/h1-4,6-7,17-18,22,25,29H,5,8-15H2,(H,26,31)/t17-,18+,22-/m0/s1. The quantitative estimate of drug-likeness (QED) is 0.601. The Morgan fingerprint density at radius 2 is 2.06 bits per heavy atom. The Hall–Kier alpha value is -2.68. The van der Waals surface area contributed by atoms with E-state index < -0.39 is 0 Å². The number of para-hydroxylation sites is 1. The SMILES string of the molecule is O=C1NC[C@@H](CCC(=O)N2CCc3ccccc32)N2C[C@@H](NCc3ccc(CO)o3)C[C@@H]12. The van der Waals surface area contributed by atoms with E-state index in [0.29, 0.717) is 25.3 Å². The molecule has 3 atom stereocenters. The minimum Gasteiger partial charge on any atom is -0.462 e. The van der Waals surface area contributed by atoms with Crippen molar-refractivity contribution in [2.24, 2.45) is 0 Å². The van der Waals surface area contributed by atoms with Crippen molar-refractivity contribution < 1.29 is 19.1 Å². The maximum absolute atomic E-state index is 12.9. The molecule has 2 fully saturated rings. The van der Waals surface area contributed by atoms with Crippen molar-refractivity contribution in [2.45, 2.75) is 57.0 Å². The molecule has 3 N–H and O–H groups in total. The van der Waals surface area contributed by atoms with Crippen molar-refractivity contribution in [1.82, 2.24) is 15.5 Å². The average Bonchev–Trinajstić information content (AvgIpc) is 3.55. The molecule has 2 saturated heterocycles. The van der Waals surface area contributed by atoms with Crippen LogP contribution in [-0.4, -0.2) is 59.6 Å². The Bertz CT molecular complexity index is 990. The zero-order valence-electron chi connectivity index (χ0n) is 18.1. The summed E-state index contributed by atoms with van der Waals surface area (Å²) in [7, 11) is 0. The van der Waals surface area contributed by atoms with Crippen LogP contribution in [0.5, 0.6) is 0 Å². The third-order valence-electron chi connectivity index (χ3n) is 6.94. The van der Waals surface area contributed by atoms with Gasteiger partial charge in [0.15, 0.2) is 0 Å². The molecule has 0 spiro atoms. The van der Waals surface area contributed by atoms with E-state index in [1.807, 2.05) is 29.2 Å². The van der Waals surface area contributed by atoms with Crippen molar-refractivity contribution in [3.63, 3.8) is 0 Å². The Balaban J connectivity index is 1.16. The van der Waals surface area contributed by atoms with Crippen molar-refractivity contribution >= 4 is 17.5 Å².